The maximum absolute atomic E-state index is 11.7. The molecular weight excluding hydrogens is 236 g/mol. The molecule has 0 saturated heterocycles. The molecule has 3 heteroatoms. The summed E-state index contributed by atoms with van der Waals surface area (Å²) in [6, 6.07) is 14.3. The van der Waals surface area contributed by atoms with Crippen molar-refractivity contribution in [2.75, 3.05) is 11.9 Å². The Hall–Kier alpha value is -2.03. The van der Waals surface area contributed by atoms with E-state index in [9.17, 15) is 4.79 Å². The lowest BCUT2D eigenvalue weighted by Gasteiger charge is -2.20. The zero-order chi connectivity index (χ0) is 13.9. The van der Waals surface area contributed by atoms with Crippen molar-refractivity contribution in [3.63, 3.8) is 0 Å². The van der Waals surface area contributed by atoms with Crippen molar-refractivity contribution < 1.29 is 4.79 Å². The Kier molecular flexibility index (Phi) is 3.74. The van der Waals surface area contributed by atoms with E-state index >= 15 is 0 Å². The van der Waals surface area contributed by atoms with Crippen LogP contribution < -0.4 is 10.6 Å². The van der Waals surface area contributed by atoms with Crippen LogP contribution in [0.25, 0.3) is 10.8 Å². The highest BCUT2D eigenvalue weighted by molar-refractivity contribution is 5.87. The number of amides is 1. The molecule has 1 amide bonds. The molecule has 0 fully saturated rings. The third-order valence-electron chi connectivity index (χ3n) is 2.72. The van der Waals surface area contributed by atoms with Crippen LogP contribution >= 0.6 is 0 Å². The smallest absolute Gasteiger partial charge is 0.239 e. The molecule has 0 atom stereocenters. The lowest BCUT2D eigenvalue weighted by molar-refractivity contribution is -0.120. The van der Waals surface area contributed by atoms with Gasteiger partial charge >= 0.3 is 0 Å². The van der Waals surface area contributed by atoms with Crippen LogP contribution in [-0.2, 0) is 4.79 Å². The van der Waals surface area contributed by atoms with Crippen molar-refractivity contribution in [1.29, 1.82) is 0 Å². The summed E-state index contributed by atoms with van der Waals surface area (Å²) < 4.78 is 0. The second-order valence-corrected chi connectivity index (χ2v) is 5.71. The molecule has 0 spiro atoms. The number of hydrogen-bond donors (Lipinski definition) is 2. The first kappa shape index (κ1) is 13.4. The Balaban J connectivity index is 2.00. The Morgan fingerprint density at radius 2 is 1.74 bits per heavy atom. The fraction of sp³-hybridized carbons (Fsp3) is 0.312. The minimum atomic E-state index is -0.192. The molecule has 19 heavy (non-hydrogen) atoms. The summed E-state index contributed by atoms with van der Waals surface area (Å²) in [6.07, 6.45) is 0. The zero-order valence-electron chi connectivity index (χ0n) is 11.7. The number of fused-ring (bicyclic) bond motifs is 1. The van der Waals surface area contributed by atoms with E-state index in [1.165, 1.54) is 10.8 Å². The van der Waals surface area contributed by atoms with Crippen LogP contribution in [0.4, 0.5) is 5.69 Å². The molecule has 0 aromatic heterocycles. The standard InChI is InChI=1S/C16H20N2O/c1-16(2,3)18-15(19)11-17-14-9-8-12-6-4-5-7-13(12)10-14/h4-10,17H,11H2,1-3H3,(H,18,19). The zero-order valence-corrected chi connectivity index (χ0v) is 11.7. The van der Waals surface area contributed by atoms with Gasteiger partial charge in [0.1, 0.15) is 0 Å². The summed E-state index contributed by atoms with van der Waals surface area (Å²) in [5, 5.41) is 8.44. The highest BCUT2D eigenvalue weighted by atomic mass is 16.2. The molecule has 2 aromatic rings. The Bertz CT molecular complexity index is 585. The minimum Gasteiger partial charge on any atom is -0.376 e. The van der Waals surface area contributed by atoms with Crippen LogP contribution in [0.2, 0.25) is 0 Å². The fourth-order valence-corrected chi connectivity index (χ4v) is 1.94. The molecule has 100 valence electrons. The summed E-state index contributed by atoms with van der Waals surface area (Å²) in [5.41, 5.74) is 0.769. The van der Waals surface area contributed by atoms with Crippen LogP contribution in [0.15, 0.2) is 42.5 Å². The van der Waals surface area contributed by atoms with E-state index < -0.39 is 0 Å². The quantitative estimate of drug-likeness (QED) is 0.885. The molecule has 0 bridgehead atoms. The Labute approximate surface area is 114 Å². The fourth-order valence-electron chi connectivity index (χ4n) is 1.94. The normalized spacial score (nSPS) is 11.3. The topological polar surface area (TPSA) is 41.1 Å². The molecule has 0 aliphatic rings. The van der Waals surface area contributed by atoms with Crippen molar-refractivity contribution in [2.45, 2.75) is 26.3 Å². The van der Waals surface area contributed by atoms with Crippen LogP contribution in [-0.4, -0.2) is 18.0 Å². The first-order valence-corrected chi connectivity index (χ1v) is 6.48. The van der Waals surface area contributed by atoms with E-state index in [0.717, 1.165) is 5.69 Å². The Morgan fingerprint density at radius 1 is 1.05 bits per heavy atom. The minimum absolute atomic E-state index is 0.000610. The van der Waals surface area contributed by atoms with E-state index in [0.29, 0.717) is 0 Å². The van der Waals surface area contributed by atoms with Crippen molar-refractivity contribution >= 4 is 22.4 Å². The average Bonchev–Trinajstić information content (AvgIpc) is 2.34. The van der Waals surface area contributed by atoms with E-state index in [1.54, 1.807) is 0 Å². The number of benzene rings is 2. The predicted octanol–water partition coefficient (Wildman–Crippen LogP) is 3.17. The highest BCUT2D eigenvalue weighted by Gasteiger charge is 2.12. The van der Waals surface area contributed by atoms with Gasteiger partial charge in [0.15, 0.2) is 0 Å². The van der Waals surface area contributed by atoms with Crippen LogP contribution in [0.1, 0.15) is 20.8 Å². The van der Waals surface area contributed by atoms with E-state index in [1.807, 2.05) is 39.0 Å². The summed E-state index contributed by atoms with van der Waals surface area (Å²) in [5.74, 6) is 0.000610. The number of carbonyl (C=O) groups is 1. The number of rotatable bonds is 3. The second kappa shape index (κ2) is 5.31. The van der Waals surface area contributed by atoms with E-state index in [2.05, 4.69) is 34.9 Å². The summed E-state index contributed by atoms with van der Waals surface area (Å²) >= 11 is 0. The number of nitrogens with one attached hydrogen (secondary N) is 2. The van der Waals surface area contributed by atoms with Gasteiger partial charge in [-0.2, -0.15) is 0 Å². The summed E-state index contributed by atoms with van der Waals surface area (Å²) in [6.45, 7) is 6.21. The predicted molar refractivity (Wildman–Crippen MR) is 80.3 cm³/mol. The largest absolute Gasteiger partial charge is 0.376 e. The van der Waals surface area contributed by atoms with Crippen LogP contribution in [0.5, 0.6) is 0 Å². The van der Waals surface area contributed by atoms with Gasteiger partial charge in [0.25, 0.3) is 0 Å². The van der Waals surface area contributed by atoms with Crippen molar-refractivity contribution in [3.8, 4) is 0 Å². The molecule has 0 aliphatic heterocycles. The van der Waals surface area contributed by atoms with Crippen LogP contribution in [0, 0.1) is 0 Å². The summed E-state index contributed by atoms with van der Waals surface area (Å²) in [7, 11) is 0. The number of carbonyl (C=O) groups excluding carboxylic acids is 1. The van der Waals surface area contributed by atoms with Gasteiger partial charge in [-0.3, -0.25) is 4.79 Å². The molecule has 0 unspecified atom stereocenters. The number of hydrogen-bond acceptors (Lipinski definition) is 2. The van der Waals surface area contributed by atoms with Gasteiger partial charge in [-0.15, -0.1) is 0 Å². The molecule has 3 nitrogen and oxygen atoms in total. The maximum Gasteiger partial charge on any atom is 0.239 e. The molecular formula is C16H20N2O. The van der Waals surface area contributed by atoms with Crippen LogP contribution in [0.3, 0.4) is 0 Å². The Morgan fingerprint density at radius 3 is 2.42 bits per heavy atom. The lowest BCUT2D eigenvalue weighted by Crippen LogP contribution is -2.43. The van der Waals surface area contributed by atoms with Crippen molar-refractivity contribution in [2.24, 2.45) is 0 Å². The van der Waals surface area contributed by atoms with Crippen molar-refractivity contribution in [1.82, 2.24) is 5.32 Å². The average molecular weight is 256 g/mol. The first-order valence-electron chi connectivity index (χ1n) is 6.48. The van der Waals surface area contributed by atoms with Gasteiger partial charge < -0.3 is 10.6 Å². The molecule has 2 N–H and O–H groups in total. The van der Waals surface area contributed by atoms with E-state index in [-0.39, 0.29) is 18.0 Å². The molecule has 0 saturated carbocycles. The second-order valence-electron chi connectivity index (χ2n) is 5.71. The molecule has 2 rings (SSSR count). The van der Waals surface area contributed by atoms with Gasteiger partial charge in [0.05, 0.1) is 6.54 Å². The molecule has 0 heterocycles. The van der Waals surface area contributed by atoms with Gasteiger partial charge in [-0.1, -0.05) is 30.3 Å². The monoisotopic (exact) mass is 256 g/mol. The van der Waals surface area contributed by atoms with E-state index in [4.69, 9.17) is 0 Å². The lowest BCUT2D eigenvalue weighted by atomic mass is 10.1. The van der Waals surface area contributed by atoms with Gasteiger partial charge in [-0.25, -0.2) is 0 Å². The third-order valence-corrected chi connectivity index (χ3v) is 2.72. The molecule has 0 aliphatic carbocycles. The first-order chi connectivity index (χ1) is 8.94. The van der Waals surface area contributed by atoms with Crippen molar-refractivity contribution in [3.05, 3.63) is 42.5 Å². The summed E-state index contributed by atoms with van der Waals surface area (Å²) in [4.78, 5) is 11.7. The SMILES string of the molecule is CC(C)(C)NC(=O)CNc1ccc2ccccc2c1. The van der Waals surface area contributed by atoms with Gasteiger partial charge in [-0.05, 0) is 43.7 Å². The number of anilines is 1. The third kappa shape index (κ3) is 3.98. The maximum atomic E-state index is 11.7. The van der Waals surface area contributed by atoms with Gasteiger partial charge in [0.2, 0.25) is 5.91 Å². The highest BCUT2D eigenvalue weighted by Crippen LogP contribution is 2.18. The molecule has 0 radical (unpaired) electrons. The van der Waals surface area contributed by atoms with Gasteiger partial charge in [0, 0.05) is 11.2 Å². The molecule has 2 aromatic carbocycles.